The summed E-state index contributed by atoms with van der Waals surface area (Å²) < 4.78 is 24.0. The molecule has 0 atom stereocenters. The number of fused-ring (bicyclic) bond motifs is 2. The van der Waals surface area contributed by atoms with Crippen LogP contribution in [-0.4, -0.2) is 36.6 Å². The van der Waals surface area contributed by atoms with E-state index < -0.39 is 11.4 Å². The Bertz CT molecular complexity index is 1140. The van der Waals surface area contributed by atoms with Crippen LogP contribution in [0.25, 0.3) is 10.9 Å². The standard InChI is InChI=1S/C21H19FN2O4/c1-27-18-8-12-5-6-24(11-14(12)9-19(18)28-2)21(26)16-7-13-3-4-15(22)10-17(13)23-20(16)25/h3-4,7-10H,5-6,11H2,1-2H3,(H,23,25). The van der Waals surface area contributed by atoms with Gasteiger partial charge >= 0.3 is 0 Å². The molecule has 3 aromatic rings. The second-order valence-electron chi connectivity index (χ2n) is 6.70. The van der Waals surface area contributed by atoms with Crippen molar-refractivity contribution < 1.29 is 18.7 Å². The molecule has 0 spiro atoms. The summed E-state index contributed by atoms with van der Waals surface area (Å²) in [5.74, 6) is 0.451. The van der Waals surface area contributed by atoms with E-state index >= 15 is 0 Å². The zero-order valence-corrected chi connectivity index (χ0v) is 15.5. The minimum Gasteiger partial charge on any atom is -0.493 e. The molecule has 0 saturated carbocycles. The second kappa shape index (κ2) is 6.99. The van der Waals surface area contributed by atoms with E-state index in [2.05, 4.69) is 4.98 Å². The predicted octanol–water partition coefficient (Wildman–Crippen LogP) is 2.88. The Labute approximate surface area is 160 Å². The lowest BCUT2D eigenvalue weighted by Gasteiger charge is -2.29. The average molecular weight is 382 g/mol. The highest BCUT2D eigenvalue weighted by Gasteiger charge is 2.25. The maximum Gasteiger partial charge on any atom is 0.261 e. The fourth-order valence-electron chi connectivity index (χ4n) is 3.56. The molecule has 7 heteroatoms. The highest BCUT2D eigenvalue weighted by Crippen LogP contribution is 2.33. The van der Waals surface area contributed by atoms with Gasteiger partial charge in [0.15, 0.2) is 11.5 Å². The summed E-state index contributed by atoms with van der Waals surface area (Å²) in [5.41, 5.74) is 1.92. The highest BCUT2D eigenvalue weighted by molar-refractivity contribution is 5.97. The maximum absolute atomic E-state index is 13.4. The first-order chi connectivity index (χ1) is 13.5. The van der Waals surface area contributed by atoms with Crippen molar-refractivity contribution >= 4 is 16.8 Å². The van der Waals surface area contributed by atoms with Crippen LogP contribution < -0.4 is 15.0 Å². The third-order valence-electron chi connectivity index (χ3n) is 5.04. The number of hydrogen-bond donors (Lipinski definition) is 1. The summed E-state index contributed by atoms with van der Waals surface area (Å²) in [6.07, 6.45) is 0.651. The zero-order chi connectivity index (χ0) is 19.8. The Balaban J connectivity index is 1.67. The molecule has 1 amide bonds. The van der Waals surface area contributed by atoms with Crippen molar-refractivity contribution in [2.24, 2.45) is 0 Å². The highest BCUT2D eigenvalue weighted by atomic mass is 19.1. The number of amides is 1. The summed E-state index contributed by atoms with van der Waals surface area (Å²) in [6, 6.07) is 9.38. The molecule has 0 saturated heterocycles. The van der Waals surface area contributed by atoms with E-state index in [4.69, 9.17) is 9.47 Å². The van der Waals surface area contributed by atoms with Crippen LogP contribution in [0.15, 0.2) is 41.2 Å². The first-order valence-electron chi connectivity index (χ1n) is 8.86. The van der Waals surface area contributed by atoms with Crippen molar-refractivity contribution in [1.82, 2.24) is 9.88 Å². The van der Waals surface area contributed by atoms with Gasteiger partial charge in [-0.05, 0) is 59.3 Å². The van der Waals surface area contributed by atoms with E-state index in [0.29, 0.717) is 41.9 Å². The van der Waals surface area contributed by atoms with Crippen molar-refractivity contribution in [2.75, 3.05) is 20.8 Å². The van der Waals surface area contributed by atoms with Crippen molar-refractivity contribution in [3.8, 4) is 11.5 Å². The van der Waals surface area contributed by atoms with Crippen molar-refractivity contribution in [2.45, 2.75) is 13.0 Å². The summed E-state index contributed by atoms with van der Waals surface area (Å²) in [7, 11) is 3.15. The predicted molar refractivity (Wildman–Crippen MR) is 103 cm³/mol. The Morgan fingerprint density at radius 1 is 1.07 bits per heavy atom. The fraction of sp³-hybridized carbons (Fsp3) is 0.238. The number of benzene rings is 2. The lowest BCUT2D eigenvalue weighted by atomic mass is 9.98. The molecule has 2 heterocycles. The average Bonchev–Trinajstić information content (AvgIpc) is 2.71. The van der Waals surface area contributed by atoms with Gasteiger partial charge in [0.25, 0.3) is 11.5 Å². The maximum atomic E-state index is 13.4. The Hall–Kier alpha value is -3.35. The van der Waals surface area contributed by atoms with Gasteiger partial charge in [-0.2, -0.15) is 0 Å². The van der Waals surface area contributed by atoms with Crippen molar-refractivity contribution in [3.63, 3.8) is 0 Å². The topological polar surface area (TPSA) is 71.6 Å². The van der Waals surface area contributed by atoms with Crippen LogP contribution in [0.2, 0.25) is 0 Å². The van der Waals surface area contributed by atoms with Gasteiger partial charge in [-0.3, -0.25) is 9.59 Å². The largest absolute Gasteiger partial charge is 0.493 e. The minimum absolute atomic E-state index is 0.0445. The number of carbonyl (C=O) groups is 1. The molecule has 0 radical (unpaired) electrons. The number of halogens is 1. The number of methoxy groups -OCH3 is 2. The molecule has 1 aliphatic heterocycles. The molecule has 6 nitrogen and oxygen atoms in total. The van der Waals surface area contributed by atoms with E-state index in [-0.39, 0.29) is 11.5 Å². The Morgan fingerprint density at radius 3 is 2.50 bits per heavy atom. The van der Waals surface area contributed by atoms with Crippen molar-refractivity contribution in [1.29, 1.82) is 0 Å². The van der Waals surface area contributed by atoms with Crippen LogP contribution in [-0.2, 0) is 13.0 Å². The number of ether oxygens (including phenoxy) is 2. The lowest BCUT2D eigenvalue weighted by molar-refractivity contribution is 0.0733. The molecule has 28 heavy (non-hydrogen) atoms. The third-order valence-corrected chi connectivity index (χ3v) is 5.04. The molecule has 0 unspecified atom stereocenters. The van der Waals surface area contributed by atoms with Gasteiger partial charge in [-0.25, -0.2) is 4.39 Å². The summed E-state index contributed by atoms with van der Waals surface area (Å²) in [4.78, 5) is 29.6. The van der Waals surface area contributed by atoms with Gasteiger partial charge in [-0.1, -0.05) is 0 Å². The second-order valence-corrected chi connectivity index (χ2v) is 6.70. The smallest absolute Gasteiger partial charge is 0.261 e. The normalized spacial score (nSPS) is 13.3. The van der Waals surface area contributed by atoms with Crippen LogP contribution in [0.5, 0.6) is 11.5 Å². The van der Waals surface area contributed by atoms with Crippen LogP contribution in [0, 0.1) is 5.82 Å². The number of hydrogen-bond acceptors (Lipinski definition) is 4. The van der Waals surface area contributed by atoms with Gasteiger partial charge < -0.3 is 19.4 Å². The summed E-state index contributed by atoms with van der Waals surface area (Å²) in [5, 5.41) is 0.605. The molecule has 144 valence electrons. The lowest BCUT2D eigenvalue weighted by Crippen LogP contribution is -2.38. The monoisotopic (exact) mass is 382 g/mol. The zero-order valence-electron chi connectivity index (χ0n) is 15.5. The molecule has 2 aromatic carbocycles. The number of aromatic nitrogens is 1. The SMILES string of the molecule is COc1cc2c(cc1OC)CN(C(=O)c1cc3ccc(F)cc3[nH]c1=O)CC2. The molecule has 1 aromatic heterocycles. The number of aromatic amines is 1. The molecule has 0 aliphatic carbocycles. The van der Waals surface area contributed by atoms with E-state index in [9.17, 15) is 14.0 Å². The van der Waals surface area contributed by atoms with E-state index in [1.807, 2.05) is 12.1 Å². The van der Waals surface area contributed by atoms with Crippen LogP contribution in [0.4, 0.5) is 4.39 Å². The number of H-pyrrole nitrogens is 1. The van der Waals surface area contributed by atoms with E-state index in [0.717, 1.165) is 11.1 Å². The minimum atomic E-state index is -0.527. The number of carbonyl (C=O) groups excluding carboxylic acids is 1. The molecule has 1 aliphatic rings. The van der Waals surface area contributed by atoms with Gasteiger partial charge in [0.1, 0.15) is 11.4 Å². The third kappa shape index (κ3) is 3.09. The Morgan fingerprint density at radius 2 is 1.79 bits per heavy atom. The Kier molecular flexibility index (Phi) is 4.50. The molecular weight excluding hydrogens is 363 g/mol. The molecule has 4 rings (SSSR count). The van der Waals surface area contributed by atoms with E-state index in [1.165, 1.54) is 18.2 Å². The van der Waals surface area contributed by atoms with Crippen LogP contribution in [0.3, 0.4) is 0 Å². The fourth-order valence-corrected chi connectivity index (χ4v) is 3.56. The first-order valence-corrected chi connectivity index (χ1v) is 8.86. The number of nitrogens with zero attached hydrogens (tertiary/aromatic N) is 1. The molecule has 1 N–H and O–H groups in total. The molecular formula is C21H19FN2O4. The molecule has 0 fully saturated rings. The number of nitrogens with one attached hydrogen (secondary N) is 1. The van der Waals surface area contributed by atoms with Crippen LogP contribution in [0.1, 0.15) is 21.5 Å². The van der Waals surface area contributed by atoms with E-state index in [1.54, 1.807) is 25.2 Å². The van der Waals surface area contributed by atoms with Crippen LogP contribution >= 0.6 is 0 Å². The molecule has 0 bridgehead atoms. The van der Waals surface area contributed by atoms with Gasteiger partial charge in [-0.15, -0.1) is 0 Å². The number of pyridine rings is 1. The van der Waals surface area contributed by atoms with Gasteiger partial charge in [0.2, 0.25) is 0 Å². The quantitative estimate of drug-likeness (QED) is 0.756. The first kappa shape index (κ1) is 18.0. The van der Waals surface area contributed by atoms with Gasteiger partial charge in [0, 0.05) is 13.1 Å². The van der Waals surface area contributed by atoms with Gasteiger partial charge in [0.05, 0.1) is 19.7 Å². The summed E-state index contributed by atoms with van der Waals surface area (Å²) >= 11 is 0. The summed E-state index contributed by atoms with van der Waals surface area (Å²) in [6.45, 7) is 0.859. The van der Waals surface area contributed by atoms with Crippen molar-refractivity contribution in [3.05, 3.63) is 69.3 Å². The number of rotatable bonds is 3.